The lowest BCUT2D eigenvalue weighted by atomic mass is 10.1. The molecule has 2 atom stereocenters. The van der Waals surface area contributed by atoms with Crippen molar-refractivity contribution in [3.8, 4) is 0 Å². The molecule has 0 spiro atoms. The molecule has 2 fully saturated rings. The molecule has 0 unspecified atom stereocenters. The minimum Gasteiger partial charge on any atom is -0.349 e. The van der Waals surface area contributed by atoms with Gasteiger partial charge in [0.05, 0.1) is 12.0 Å². The van der Waals surface area contributed by atoms with E-state index >= 15 is 0 Å². The van der Waals surface area contributed by atoms with Gasteiger partial charge in [0.2, 0.25) is 11.8 Å². The first-order valence-electron chi connectivity index (χ1n) is 7.61. The van der Waals surface area contributed by atoms with Crippen LogP contribution in [0.3, 0.4) is 0 Å². The number of hydrogen-bond acceptors (Lipinski definition) is 3. The highest BCUT2D eigenvalue weighted by atomic mass is 16.2. The highest BCUT2D eigenvalue weighted by molar-refractivity contribution is 5.89. The van der Waals surface area contributed by atoms with Gasteiger partial charge in [0.25, 0.3) is 0 Å². The number of likely N-dealkylation sites (tertiary alicyclic amines) is 1. The van der Waals surface area contributed by atoms with Crippen molar-refractivity contribution in [1.29, 1.82) is 0 Å². The van der Waals surface area contributed by atoms with E-state index in [9.17, 15) is 9.59 Å². The first kappa shape index (κ1) is 14.0. The Labute approximate surface area is 124 Å². The maximum atomic E-state index is 12.3. The van der Waals surface area contributed by atoms with Crippen LogP contribution in [0, 0.1) is 11.8 Å². The van der Waals surface area contributed by atoms with E-state index in [1.165, 1.54) is 12.8 Å². The summed E-state index contributed by atoms with van der Waals surface area (Å²) in [6.07, 6.45) is 6.23. The Hall–Kier alpha value is -1.91. The lowest BCUT2D eigenvalue weighted by molar-refractivity contribution is -0.129. The molecule has 1 aliphatic carbocycles. The average molecular weight is 287 g/mol. The summed E-state index contributed by atoms with van der Waals surface area (Å²) >= 11 is 0. The van der Waals surface area contributed by atoms with Crippen molar-refractivity contribution in [2.75, 3.05) is 13.1 Å². The summed E-state index contributed by atoms with van der Waals surface area (Å²) in [7, 11) is 0. The number of aromatic nitrogens is 1. The molecular formula is C16H21N3O2. The van der Waals surface area contributed by atoms with Crippen LogP contribution in [-0.4, -0.2) is 34.8 Å². The topological polar surface area (TPSA) is 62.3 Å². The van der Waals surface area contributed by atoms with Gasteiger partial charge in [-0.3, -0.25) is 14.6 Å². The second kappa shape index (κ2) is 5.84. The van der Waals surface area contributed by atoms with Gasteiger partial charge in [-0.2, -0.15) is 0 Å². The zero-order valence-electron chi connectivity index (χ0n) is 12.3. The van der Waals surface area contributed by atoms with Gasteiger partial charge in [0, 0.05) is 31.9 Å². The molecule has 0 bridgehead atoms. The molecule has 3 rings (SSSR count). The predicted molar refractivity (Wildman–Crippen MR) is 78.2 cm³/mol. The number of hydrogen-bond donors (Lipinski definition) is 1. The molecule has 1 N–H and O–H groups in total. The Morgan fingerprint density at radius 3 is 2.81 bits per heavy atom. The zero-order chi connectivity index (χ0) is 14.8. The van der Waals surface area contributed by atoms with E-state index in [0.29, 0.717) is 18.9 Å². The molecule has 1 saturated heterocycles. The van der Waals surface area contributed by atoms with Gasteiger partial charge < -0.3 is 10.2 Å². The SMILES string of the molecule is C[C@H](NC(=O)[C@H]1CC(=O)N(CC2CC2)C1)c1ccncc1. The van der Waals surface area contributed by atoms with Crippen LogP contribution in [0.4, 0.5) is 0 Å². The van der Waals surface area contributed by atoms with Crippen molar-refractivity contribution in [2.45, 2.75) is 32.2 Å². The van der Waals surface area contributed by atoms with Gasteiger partial charge in [0.1, 0.15) is 0 Å². The fraction of sp³-hybridized carbons (Fsp3) is 0.562. The quantitative estimate of drug-likeness (QED) is 0.893. The Bertz CT molecular complexity index is 528. The van der Waals surface area contributed by atoms with Crippen molar-refractivity contribution in [2.24, 2.45) is 11.8 Å². The second-order valence-electron chi connectivity index (χ2n) is 6.15. The number of nitrogens with one attached hydrogen (secondary N) is 1. The summed E-state index contributed by atoms with van der Waals surface area (Å²) in [6.45, 7) is 3.36. The maximum absolute atomic E-state index is 12.3. The third-order valence-corrected chi connectivity index (χ3v) is 4.33. The summed E-state index contributed by atoms with van der Waals surface area (Å²) < 4.78 is 0. The number of carbonyl (C=O) groups excluding carboxylic acids is 2. The van der Waals surface area contributed by atoms with Crippen LogP contribution in [0.2, 0.25) is 0 Å². The molecular weight excluding hydrogens is 266 g/mol. The van der Waals surface area contributed by atoms with Crippen molar-refractivity contribution in [3.05, 3.63) is 30.1 Å². The molecule has 5 heteroatoms. The molecule has 0 aromatic carbocycles. The van der Waals surface area contributed by atoms with E-state index in [2.05, 4.69) is 10.3 Å². The highest BCUT2D eigenvalue weighted by Gasteiger charge is 2.37. The molecule has 5 nitrogen and oxygen atoms in total. The fourth-order valence-electron chi connectivity index (χ4n) is 2.80. The molecule has 21 heavy (non-hydrogen) atoms. The van der Waals surface area contributed by atoms with Crippen LogP contribution in [0.1, 0.15) is 37.8 Å². The summed E-state index contributed by atoms with van der Waals surface area (Å²) in [5, 5.41) is 3.00. The van der Waals surface area contributed by atoms with E-state index in [-0.39, 0.29) is 23.8 Å². The van der Waals surface area contributed by atoms with Gasteiger partial charge in [-0.1, -0.05) is 0 Å². The van der Waals surface area contributed by atoms with Gasteiger partial charge in [-0.05, 0) is 43.4 Å². The molecule has 2 heterocycles. The lowest BCUT2D eigenvalue weighted by Gasteiger charge is -2.18. The normalized spacial score (nSPS) is 23.2. The average Bonchev–Trinajstić information content (AvgIpc) is 3.23. The van der Waals surface area contributed by atoms with Crippen molar-refractivity contribution >= 4 is 11.8 Å². The largest absolute Gasteiger partial charge is 0.349 e. The highest BCUT2D eigenvalue weighted by Crippen LogP contribution is 2.32. The predicted octanol–water partition coefficient (Wildman–Crippen LogP) is 1.52. The third-order valence-electron chi connectivity index (χ3n) is 4.33. The van der Waals surface area contributed by atoms with E-state index in [0.717, 1.165) is 12.1 Å². The minimum absolute atomic E-state index is 0.0223. The zero-order valence-corrected chi connectivity index (χ0v) is 12.3. The Balaban J connectivity index is 1.54. The minimum atomic E-state index is -0.208. The summed E-state index contributed by atoms with van der Waals surface area (Å²) in [5.74, 6) is 0.566. The molecule has 112 valence electrons. The summed E-state index contributed by atoms with van der Waals surface area (Å²) in [6, 6.07) is 3.72. The molecule has 2 aliphatic rings. The van der Waals surface area contributed by atoms with Gasteiger partial charge in [-0.15, -0.1) is 0 Å². The van der Waals surface area contributed by atoms with Gasteiger partial charge >= 0.3 is 0 Å². The lowest BCUT2D eigenvalue weighted by Crippen LogP contribution is -2.35. The third kappa shape index (κ3) is 3.40. The molecule has 1 aliphatic heterocycles. The van der Waals surface area contributed by atoms with Crippen molar-refractivity contribution in [1.82, 2.24) is 15.2 Å². The van der Waals surface area contributed by atoms with Gasteiger partial charge in [0.15, 0.2) is 0 Å². The maximum Gasteiger partial charge on any atom is 0.225 e. The number of amides is 2. The van der Waals surface area contributed by atoms with Crippen LogP contribution in [0.15, 0.2) is 24.5 Å². The first-order chi connectivity index (χ1) is 10.1. The second-order valence-corrected chi connectivity index (χ2v) is 6.15. The fourth-order valence-corrected chi connectivity index (χ4v) is 2.80. The van der Waals surface area contributed by atoms with Crippen molar-refractivity contribution < 1.29 is 9.59 Å². The van der Waals surface area contributed by atoms with Crippen LogP contribution >= 0.6 is 0 Å². The number of rotatable bonds is 5. The van der Waals surface area contributed by atoms with E-state index in [4.69, 9.17) is 0 Å². The van der Waals surface area contributed by atoms with Crippen LogP contribution in [0.25, 0.3) is 0 Å². The van der Waals surface area contributed by atoms with Crippen LogP contribution in [0.5, 0.6) is 0 Å². The Morgan fingerprint density at radius 2 is 2.14 bits per heavy atom. The smallest absolute Gasteiger partial charge is 0.225 e. The summed E-state index contributed by atoms with van der Waals surface area (Å²) in [4.78, 5) is 30.1. The number of pyridine rings is 1. The standard InChI is InChI=1S/C16H21N3O2/c1-11(13-4-6-17-7-5-13)18-16(21)14-8-15(20)19(10-14)9-12-2-3-12/h4-7,11-12,14H,2-3,8-10H2,1H3,(H,18,21)/t11-,14-/m0/s1. The molecule has 2 amide bonds. The van der Waals surface area contributed by atoms with Crippen molar-refractivity contribution in [3.63, 3.8) is 0 Å². The van der Waals surface area contributed by atoms with E-state index in [1.54, 1.807) is 12.4 Å². The first-order valence-corrected chi connectivity index (χ1v) is 7.61. The molecule has 1 aromatic rings. The molecule has 1 aromatic heterocycles. The monoisotopic (exact) mass is 287 g/mol. The van der Waals surface area contributed by atoms with Gasteiger partial charge in [-0.25, -0.2) is 0 Å². The summed E-state index contributed by atoms with van der Waals surface area (Å²) in [5.41, 5.74) is 1.03. The number of carbonyl (C=O) groups is 2. The Morgan fingerprint density at radius 1 is 1.43 bits per heavy atom. The van der Waals surface area contributed by atoms with E-state index in [1.807, 2.05) is 24.0 Å². The molecule has 0 radical (unpaired) electrons. The molecule has 1 saturated carbocycles. The van der Waals surface area contributed by atoms with Crippen LogP contribution < -0.4 is 5.32 Å². The Kier molecular flexibility index (Phi) is 3.90. The van der Waals surface area contributed by atoms with E-state index < -0.39 is 0 Å². The van der Waals surface area contributed by atoms with Crippen LogP contribution in [-0.2, 0) is 9.59 Å². The number of nitrogens with zero attached hydrogens (tertiary/aromatic N) is 2.